The van der Waals surface area contributed by atoms with E-state index in [4.69, 9.17) is 0 Å². The van der Waals surface area contributed by atoms with Gasteiger partial charge in [0.1, 0.15) is 0 Å². The maximum atomic E-state index is 12.0. The van der Waals surface area contributed by atoms with Crippen LogP contribution in [0.5, 0.6) is 0 Å². The lowest BCUT2D eigenvalue weighted by molar-refractivity contribution is 0.0953. The molecule has 0 saturated carbocycles. The van der Waals surface area contributed by atoms with Gasteiger partial charge in [0, 0.05) is 39.3 Å². The second-order valence-electron chi connectivity index (χ2n) is 5.71. The highest BCUT2D eigenvalue weighted by atomic mass is 16.1. The van der Waals surface area contributed by atoms with Gasteiger partial charge >= 0.3 is 0 Å². The second kappa shape index (κ2) is 11.3. The number of hydrogen-bond acceptors (Lipinski definition) is 2. The van der Waals surface area contributed by atoms with Gasteiger partial charge in [-0.2, -0.15) is 0 Å². The number of nitrogens with one attached hydrogen (secondary N) is 2. The van der Waals surface area contributed by atoms with E-state index >= 15 is 0 Å². The van der Waals surface area contributed by atoms with Crippen molar-refractivity contribution < 1.29 is 4.79 Å². The lowest BCUT2D eigenvalue weighted by atomic mass is 10.1. The van der Waals surface area contributed by atoms with Gasteiger partial charge in [0.05, 0.1) is 0 Å². The number of unbranched alkanes of at least 4 members (excludes halogenated alkanes) is 1. The van der Waals surface area contributed by atoms with Crippen LogP contribution in [-0.4, -0.2) is 44.0 Å². The van der Waals surface area contributed by atoms with Crippen LogP contribution in [0.25, 0.3) is 0 Å². The fourth-order valence-electron chi connectivity index (χ4n) is 2.31. The molecular weight excluding hydrogens is 300 g/mol. The minimum atomic E-state index is -0.0235. The molecule has 0 aromatic heterocycles. The predicted octanol–water partition coefficient (Wildman–Crippen LogP) is 2.80. The first-order valence-corrected chi connectivity index (χ1v) is 8.52. The van der Waals surface area contributed by atoms with Gasteiger partial charge in [-0.25, -0.2) is 0 Å². The minimum Gasteiger partial charge on any atom is -0.352 e. The molecule has 0 aliphatic heterocycles. The molecule has 0 saturated heterocycles. The number of allylic oxidation sites excluding steroid dienone is 1. The molecule has 0 fully saturated rings. The van der Waals surface area contributed by atoms with Crippen molar-refractivity contribution >= 4 is 11.9 Å². The summed E-state index contributed by atoms with van der Waals surface area (Å²) in [6.45, 7) is 8.03. The Labute approximate surface area is 145 Å². The quantitative estimate of drug-likeness (QED) is 0.317. The maximum Gasteiger partial charge on any atom is 0.251 e. The van der Waals surface area contributed by atoms with Crippen LogP contribution in [-0.2, 0) is 6.54 Å². The van der Waals surface area contributed by atoms with Crippen molar-refractivity contribution in [2.24, 2.45) is 4.99 Å². The van der Waals surface area contributed by atoms with Crippen molar-refractivity contribution in [1.29, 1.82) is 0 Å². The summed E-state index contributed by atoms with van der Waals surface area (Å²) in [6.07, 6.45) is 4.91. The highest BCUT2D eigenvalue weighted by molar-refractivity contribution is 5.94. The summed E-state index contributed by atoms with van der Waals surface area (Å²) in [4.78, 5) is 18.4. The molecule has 0 bridgehead atoms. The van der Waals surface area contributed by atoms with E-state index in [1.807, 2.05) is 44.3 Å². The number of carbonyl (C=O) groups is 1. The van der Waals surface area contributed by atoms with Crippen LogP contribution in [0.3, 0.4) is 0 Å². The van der Waals surface area contributed by atoms with Crippen LogP contribution in [0.2, 0.25) is 0 Å². The number of benzene rings is 1. The lowest BCUT2D eigenvalue weighted by Gasteiger charge is -2.22. The zero-order valence-electron chi connectivity index (χ0n) is 15.1. The Morgan fingerprint density at radius 1 is 1.38 bits per heavy atom. The average molecular weight is 330 g/mol. The number of nitrogens with zero attached hydrogens (tertiary/aromatic N) is 2. The van der Waals surface area contributed by atoms with Gasteiger partial charge in [-0.05, 0) is 37.0 Å². The van der Waals surface area contributed by atoms with Crippen LogP contribution in [0.1, 0.15) is 42.1 Å². The van der Waals surface area contributed by atoms with E-state index < -0.39 is 0 Å². The monoisotopic (exact) mass is 330 g/mol. The maximum absolute atomic E-state index is 12.0. The van der Waals surface area contributed by atoms with E-state index in [-0.39, 0.29) is 5.91 Å². The molecule has 1 aromatic rings. The van der Waals surface area contributed by atoms with E-state index in [0.29, 0.717) is 18.7 Å². The normalized spacial score (nSPS) is 11.0. The molecule has 24 heavy (non-hydrogen) atoms. The van der Waals surface area contributed by atoms with Gasteiger partial charge in [0.15, 0.2) is 5.96 Å². The van der Waals surface area contributed by atoms with E-state index in [1.54, 1.807) is 7.05 Å². The summed E-state index contributed by atoms with van der Waals surface area (Å²) in [5, 5.41) is 6.24. The molecule has 0 atom stereocenters. The zero-order chi connectivity index (χ0) is 17.8. The van der Waals surface area contributed by atoms with Gasteiger partial charge in [-0.15, -0.1) is 6.58 Å². The fourth-order valence-corrected chi connectivity index (χ4v) is 2.31. The average Bonchev–Trinajstić information content (AvgIpc) is 2.60. The SMILES string of the molecule is C=CCCCN(C)C(=NC)NCc1cccc(C(=O)NCCC)c1. The Balaban J connectivity index is 2.59. The summed E-state index contributed by atoms with van der Waals surface area (Å²) >= 11 is 0. The smallest absolute Gasteiger partial charge is 0.251 e. The molecule has 1 amide bonds. The Bertz CT molecular complexity index is 554. The highest BCUT2D eigenvalue weighted by Gasteiger charge is 2.07. The molecular formula is C19H30N4O. The highest BCUT2D eigenvalue weighted by Crippen LogP contribution is 2.06. The first-order valence-electron chi connectivity index (χ1n) is 8.52. The first-order chi connectivity index (χ1) is 11.6. The minimum absolute atomic E-state index is 0.0235. The van der Waals surface area contributed by atoms with Gasteiger partial charge in [-0.1, -0.05) is 25.1 Å². The number of carbonyl (C=O) groups excluding carboxylic acids is 1. The fraction of sp³-hybridized carbons (Fsp3) is 0.474. The summed E-state index contributed by atoms with van der Waals surface area (Å²) in [5.41, 5.74) is 1.75. The van der Waals surface area contributed by atoms with Crippen LogP contribution in [0, 0.1) is 0 Å². The van der Waals surface area contributed by atoms with Crippen LogP contribution in [0.15, 0.2) is 41.9 Å². The molecule has 2 N–H and O–H groups in total. The molecule has 5 heteroatoms. The standard InChI is InChI=1S/C19H30N4O/c1-5-7-8-13-23(4)19(20-3)22-15-16-10-9-11-17(14-16)18(24)21-12-6-2/h5,9-11,14H,1,6-8,12-13,15H2,2-4H3,(H,20,22)(H,21,24). The lowest BCUT2D eigenvalue weighted by Crippen LogP contribution is -2.39. The Morgan fingerprint density at radius 2 is 2.17 bits per heavy atom. The Morgan fingerprint density at radius 3 is 2.83 bits per heavy atom. The Hall–Kier alpha value is -2.30. The van der Waals surface area contributed by atoms with E-state index in [9.17, 15) is 4.79 Å². The van der Waals surface area contributed by atoms with Gasteiger partial charge in [0.25, 0.3) is 5.91 Å². The molecule has 0 aliphatic rings. The van der Waals surface area contributed by atoms with E-state index in [0.717, 1.165) is 37.3 Å². The third-order valence-electron chi connectivity index (χ3n) is 3.65. The molecule has 0 unspecified atom stereocenters. The van der Waals surface area contributed by atoms with E-state index in [2.05, 4.69) is 27.1 Å². The van der Waals surface area contributed by atoms with Crippen LogP contribution < -0.4 is 10.6 Å². The van der Waals surface area contributed by atoms with E-state index in [1.165, 1.54) is 0 Å². The third-order valence-corrected chi connectivity index (χ3v) is 3.65. The van der Waals surface area contributed by atoms with Crippen molar-refractivity contribution in [3.8, 4) is 0 Å². The van der Waals surface area contributed by atoms with Gasteiger partial charge in [-0.3, -0.25) is 9.79 Å². The molecule has 132 valence electrons. The second-order valence-corrected chi connectivity index (χ2v) is 5.71. The number of rotatable bonds is 9. The third kappa shape index (κ3) is 6.86. The molecule has 0 spiro atoms. The van der Waals surface area contributed by atoms with Crippen molar-refractivity contribution in [1.82, 2.24) is 15.5 Å². The summed E-state index contributed by atoms with van der Waals surface area (Å²) in [5.74, 6) is 0.824. The zero-order valence-corrected chi connectivity index (χ0v) is 15.1. The number of aliphatic imine (C=N–C) groups is 1. The molecule has 0 heterocycles. The number of hydrogen-bond donors (Lipinski definition) is 2. The molecule has 1 aromatic carbocycles. The van der Waals surface area contributed by atoms with Crippen molar-refractivity contribution in [2.45, 2.75) is 32.7 Å². The number of guanidine groups is 1. The Kier molecular flexibility index (Phi) is 9.27. The summed E-state index contributed by atoms with van der Waals surface area (Å²) in [6, 6.07) is 7.68. The van der Waals surface area contributed by atoms with Crippen molar-refractivity contribution in [2.75, 3.05) is 27.2 Å². The molecule has 0 aliphatic carbocycles. The van der Waals surface area contributed by atoms with Crippen LogP contribution in [0.4, 0.5) is 0 Å². The van der Waals surface area contributed by atoms with Crippen LogP contribution >= 0.6 is 0 Å². The van der Waals surface area contributed by atoms with Crippen molar-refractivity contribution in [3.05, 3.63) is 48.0 Å². The number of amides is 1. The topological polar surface area (TPSA) is 56.7 Å². The summed E-state index contributed by atoms with van der Waals surface area (Å²) in [7, 11) is 3.80. The molecule has 1 rings (SSSR count). The summed E-state index contributed by atoms with van der Waals surface area (Å²) < 4.78 is 0. The molecule has 5 nitrogen and oxygen atoms in total. The van der Waals surface area contributed by atoms with Crippen molar-refractivity contribution in [3.63, 3.8) is 0 Å². The predicted molar refractivity (Wildman–Crippen MR) is 101 cm³/mol. The largest absolute Gasteiger partial charge is 0.352 e. The van der Waals surface area contributed by atoms with Gasteiger partial charge < -0.3 is 15.5 Å². The molecule has 0 radical (unpaired) electrons. The first kappa shape index (κ1) is 19.7. The van der Waals surface area contributed by atoms with Gasteiger partial charge in [0.2, 0.25) is 0 Å².